The first kappa shape index (κ1) is 24.2. The molecule has 0 aromatic carbocycles. The minimum Gasteiger partial charge on any atom is -0.450 e. The number of rotatable bonds is 7. The quantitative estimate of drug-likeness (QED) is 0.230. The van der Waals surface area contributed by atoms with Gasteiger partial charge in [-0.2, -0.15) is 0 Å². The molecule has 1 aliphatic rings. The summed E-state index contributed by atoms with van der Waals surface area (Å²) in [5.41, 5.74) is 0. The van der Waals surface area contributed by atoms with Gasteiger partial charge < -0.3 is 19.9 Å². The SMILES string of the molecule is CCNC(=NCCNS(=O)(=O)CC)N1CCN(C(=O)OCC)CC1.I. The molecule has 148 valence electrons. The number of guanidine groups is 1. The van der Waals surface area contributed by atoms with E-state index in [0.29, 0.717) is 39.3 Å². The third-order valence-corrected chi connectivity index (χ3v) is 4.92. The summed E-state index contributed by atoms with van der Waals surface area (Å²) >= 11 is 0. The number of hydrogen-bond donors (Lipinski definition) is 2. The number of sulfonamides is 1. The van der Waals surface area contributed by atoms with Gasteiger partial charge in [0.2, 0.25) is 10.0 Å². The Morgan fingerprint density at radius 3 is 2.24 bits per heavy atom. The number of nitrogens with one attached hydrogen (secondary N) is 2. The monoisotopic (exact) mass is 491 g/mol. The van der Waals surface area contributed by atoms with Crippen molar-refractivity contribution < 1.29 is 17.9 Å². The highest BCUT2D eigenvalue weighted by molar-refractivity contribution is 14.0. The Balaban J connectivity index is 0.00000576. The van der Waals surface area contributed by atoms with Crippen molar-refractivity contribution in [2.45, 2.75) is 20.8 Å². The first-order chi connectivity index (χ1) is 11.4. The summed E-state index contributed by atoms with van der Waals surface area (Å²) in [7, 11) is -3.19. The van der Waals surface area contributed by atoms with E-state index in [2.05, 4.69) is 19.9 Å². The number of aliphatic imine (C=N–C) groups is 1. The van der Waals surface area contributed by atoms with Gasteiger partial charge in [0, 0.05) is 39.3 Å². The third kappa shape index (κ3) is 8.90. The fourth-order valence-corrected chi connectivity index (χ4v) is 2.81. The zero-order valence-corrected chi connectivity index (χ0v) is 18.3. The van der Waals surface area contributed by atoms with Crippen LogP contribution in [0, 0.1) is 0 Å². The van der Waals surface area contributed by atoms with E-state index in [4.69, 9.17) is 4.74 Å². The Kier molecular flexibility index (Phi) is 12.1. The Morgan fingerprint density at radius 1 is 1.12 bits per heavy atom. The van der Waals surface area contributed by atoms with Gasteiger partial charge in [0.25, 0.3) is 0 Å². The van der Waals surface area contributed by atoms with Gasteiger partial charge in [0.1, 0.15) is 0 Å². The summed E-state index contributed by atoms with van der Waals surface area (Å²) in [6.07, 6.45) is -0.284. The Hall–Kier alpha value is -0.820. The Labute approximate surface area is 167 Å². The minimum atomic E-state index is -3.19. The topological polar surface area (TPSA) is 103 Å². The predicted molar refractivity (Wildman–Crippen MR) is 109 cm³/mol. The maximum Gasteiger partial charge on any atom is 0.409 e. The molecule has 0 aromatic rings. The molecule has 1 fully saturated rings. The molecule has 2 N–H and O–H groups in total. The lowest BCUT2D eigenvalue weighted by Gasteiger charge is -2.35. The molecular weight excluding hydrogens is 461 g/mol. The summed E-state index contributed by atoms with van der Waals surface area (Å²) in [5, 5.41) is 3.20. The fourth-order valence-electron chi connectivity index (χ4n) is 2.21. The van der Waals surface area contributed by atoms with Gasteiger partial charge in [-0.25, -0.2) is 17.9 Å². The molecule has 0 radical (unpaired) electrons. The van der Waals surface area contributed by atoms with E-state index < -0.39 is 10.0 Å². The lowest BCUT2D eigenvalue weighted by atomic mass is 10.3. The fraction of sp³-hybridized carbons (Fsp3) is 0.857. The smallest absolute Gasteiger partial charge is 0.409 e. The second kappa shape index (κ2) is 12.5. The lowest BCUT2D eigenvalue weighted by molar-refractivity contribution is 0.0914. The average Bonchev–Trinajstić information content (AvgIpc) is 2.58. The second-order valence-corrected chi connectivity index (χ2v) is 7.30. The summed E-state index contributed by atoms with van der Waals surface area (Å²) in [5.74, 6) is 0.795. The second-order valence-electron chi connectivity index (χ2n) is 5.21. The number of nitrogens with zero attached hydrogens (tertiary/aromatic N) is 3. The molecule has 0 saturated carbocycles. The summed E-state index contributed by atoms with van der Waals surface area (Å²) in [6, 6.07) is 0. The van der Waals surface area contributed by atoms with E-state index in [1.165, 1.54) is 0 Å². The van der Waals surface area contributed by atoms with Crippen LogP contribution in [-0.4, -0.2) is 88.4 Å². The van der Waals surface area contributed by atoms with Crippen LogP contribution in [0.3, 0.4) is 0 Å². The molecule has 1 rings (SSSR count). The van der Waals surface area contributed by atoms with Gasteiger partial charge in [-0.05, 0) is 20.8 Å². The van der Waals surface area contributed by atoms with E-state index in [9.17, 15) is 13.2 Å². The first-order valence-electron chi connectivity index (χ1n) is 8.35. The molecule has 1 amide bonds. The normalized spacial score (nSPS) is 15.6. The van der Waals surface area contributed by atoms with Crippen LogP contribution in [0.25, 0.3) is 0 Å². The lowest BCUT2D eigenvalue weighted by Crippen LogP contribution is -2.54. The summed E-state index contributed by atoms with van der Waals surface area (Å²) in [4.78, 5) is 19.9. The number of piperazine rings is 1. The maximum absolute atomic E-state index is 11.7. The molecule has 0 aromatic heterocycles. The van der Waals surface area contributed by atoms with Gasteiger partial charge >= 0.3 is 6.09 Å². The number of halogens is 1. The van der Waals surface area contributed by atoms with Gasteiger partial charge in [-0.1, -0.05) is 0 Å². The summed E-state index contributed by atoms with van der Waals surface area (Å²) in [6.45, 7) is 9.55. The van der Waals surface area contributed by atoms with Gasteiger partial charge in [0.05, 0.1) is 18.9 Å². The molecule has 0 atom stereocenters. The molecule has 1 aliphatic heterocycles. The van der Waals surface area contributed by atoms with Crippen molar-refractivity contribution >= 4 is 46.1 Å². The van der Waals surface area contributed by atoms with Gasteiger partial charge in [-0.3, -0.25) is 4.99 Å². The highest BCUT2D eigenvalue weighted by Crippen LogP contribution is 2.04. The number of amides is 1. The molecule has 0 aliphatic carbocycles. The third-order valence-electron chi connectivity index (χ3n) is 3.52. The highest BCUT2D eigenvalue weighted by Gasteiger charge is 2.23. The van der Waals surface area contributed by atoms with Crippen LogP contribution >= 0.6 is 24.0 Å². The molecule has 9 nitrogen and oxygen atoms in total. The van der Waals surface area contributed by atoms with Crippen LogP contribution in [0.4, 0.5) is 4.79 Å². The predicted octanol–water partition coefficient (Wildman–Crippen LogP) is 0.283. The van der Waals surface area contributed by atoms with Crippen molar-refractivity contribution in [3.8, 4) is 0 Å². The number of hydrogen-bond acceptors (Lipinski definition) is 5. The summed E-state index contributed by atoms with van der Waals surface area (Å²) < 4.78 is 30.3. The van der Waals surface area contributed by atoms with Crippen molar-refractivity contribution in [3.05, 3.63) is 0 Å². The largest absolute Gasteiger partial charge is 0.450 e. The van der Waals surface area contributed by atoms with Crippen LogP contribution < -0.4 is 10.0 Å². The van der Waals surface area contributed by atoms with Crippen molar-refractivity contribution in [2.75, 3.05) is 58.2 Å². The average molecular weight is 491 g/mol. The Bertz CT molecular complexity index is 521. The van der Waals surface area contributed by atoms with Gasteiger partial charge in [0.15, 0.2) is 5.96 Å². The van der Waals surface area contributed by atoms with E-state index in [-0.39, 0.29) is 42.4 Å². The zero-order valence-electron chi connectivity index (χ0n) is 15.2. The van der Waals surface area contributed by atoms with Crippen LogP contribution in [0.5, 0.6) is 0 Å². The molecule has 25 heavy (non-hydrogen) atoms. The van der Waals surface area contributed by atoms with E-state index in [1.807, 2.05) is 6.92 Å². The molecule has 11 heteroatoms. The first-order valence-corrected chi connectivity index (χ1v) is 10.0. The van der Waals surface area contributed by atoms with Gasteiger partial charge in [-0.15, -0.1) is 24.0 Å². The van der Waals surface area contributed by atoms with E-state index in [0.717, 1.165) is 12.5 Å². The van der Waals surface area contributed by atoms with Crippen LogP contribution in [0.2, 0.25) is 0 Å². The number of ether oxygens (including phenoxy) is 1. The van der Waals surface area contributed by atoms with E-state index >= 15 is 0 Å². The molecule has 0 spiro atoms. The van der Waals surface area contributed by atoms with Crippen molar-refractivity contribution in [1.29, 1.82) is 0 Å². The minimum absolute atomic E-state index is 0. The van der Waals surface area contributed by atoms with Crippen molar-refractivity contribution in [3.63, 3.8) is 0 Å². The Morgan fingerprint density at radius 2 is 1.72 bits per heavy atom. The highest BCUT2D eigenvalue weighted by atomic mass is 127. The van der Waals surface area contributed by atoms with Crippen LogP contribution in [0.1, 0.15) is 20.8 Å². The van der Waals surface area contributed by atoms with E-state index in [1.54, 1.807) is 18.7 Å². The van der Waals surface area contributed by atoms with Crippen LogP contribution in [0.15, 0.2) is 4.99 Å². The molecular formula is C14H30IN5O4S. The maximum atomic E-state index is 11.7. The molecule has 0 unspecified atom stereocenters. The standard InChI is InChI=1S/C14H29N5O4S.HI/c1-4-15-13(16-7-8-17-24(21,22)6-3)18-9-11-19(12-10-18)14(20)23-5-2;/h17H,4-12H2,1-3H3,(H,15,16);1H. The molecule has 1 saturated heterocycles. The number of carbonyl (C=O) groups excluding carboxylic acids is 1. The zero-order chi connectivity index (χ0) is 18.0. The van der Waals surface area contributed by atoms with Crippen LogP contribution in [-0.2, 0) is 14.8 Å². The van der Waals surface area contributed by atoms with Crippen molar-refractivity contribution in [2.24, 2.45) is 4.99 Å². The number of carbonyl (C=O) groups is 1. The molecule has 0 bridgehead atoms. The molecule has 1 heterocycles. The van der Waals surface area contributed by atoms with Crippen molar-refractivity contribution in [1.82, 2.24) is 19.8 Å².